The number of imidazole rings is 1. The molecule has 0 spiro atoms. The molecule has 0 aliphatic heterocycles. The van der Waals surface area contributed by atoms with Crippen molar-refractivity contribution in [1.82, 2.24) is 9.55 Å². The predicted molar refractivity (Wildman–Crippen MR) is 85.2 cm³/mol. The highest BCUT2D eigenvalue weighted by Crippen LogP contribution is 2.43. The molecular formula is C16H17N3S. The SMILES string of the molecule is CCn1c(-c2c(N)sc3c2CCC3)nc2ccccc21. The number of benzene rings is 1. The quantitative estimate of drug-likeness (QED) is 0.776. The Kier molecular flexibility index (Phi) is 2.60. The standard InChI is InChI=1S/C16H17N3S/c1-2-19-12-8-4-3-7-11(12)18-16(19)14-10-6-5-9-13(10)20-15(14)17/h3-4,7-8H,2,5-6,9,17H2,1H3. The highest BCUT2D eigenvalue weighted by Gasteiger charge is 2.25. The molecule has 0 fully saturated rings. The Morgan fingerprint density at radius 1 is 1.30 bits per heavy atom. The molecule has 0 amide bonds. The van der Waals surface area contributed by atoms with E-state index in [1.807, 2.05) is 6.07 Å². The number of anilines is 1. The number of aromatic nitrogens is 2. The van der Waals surface area contributed by atoms with E-state index in [1.165, 1.54) is 34.4 Å². The van der Waals surface area contributed by atoms with Gasteiger partial charge in [-0.25, -0.2) is 4.98 Å². The first-order chi connectivity index (χ1) is 9.79. The molecule has 1 aliphatic rings. The van der Waals surface area contributed by atoms with Crippen molar-refractivity contribution in [2.45, 2.75) is 32.7 Å². The molecule has 2 heterocycles. The van der Waals surface area contributed by atoms with Gasteiger partial charge in [0.15, 0.2) is 0 Å². The molecule has 0 bridgehead atoms. The predicted octanol–water partition coefficient (Wildman–Crippen LogP) is 3.86. The first-order valence-electron chi connectivity index (χ1n) is 7.15. The Balaban J connectivity index is 2.03. The Bertz CT molecular complexity index is 798. The molecule has 4 heteroatoms. The summed E-state index contributed by atoms with van der Waals surface area (Å²) in [6.45, 7) is 3.08. The molecule has 102 valence electrons. The molecule has 1 aliphatic carbocycles. The number of hydrogen-bond acceptors (Lipinski definition) is 3. The molecule has 0 unspecified atom stereocenters. The van der Waals surface area contributed by atoms with Crippen LogP contribution in [-0.4, -0.2) is 9.55 Å². The fourth-order valence-corrected chi connectivity index (χ4v) is 4.41. The zero-order chi connectivity index (χ0) is 13.7. The monoisotopic (exact) mass is 283 g/mol. The number of nitrogens with zero attached hydrogens (tertiary/aromatic N) is 2. The first-order valence-corrected chi connectivity index (χ1v) is 7.97. The van der Waals surface area contributed by atoms with E-state index in [2.05, 4.69) is 29.7 Å². The van der Waals surface area contributed by atoms with E-state index in [1.54, 1.807) is 11.3 Å². The first kappa shape index (κ1) is 12.0. The summed E-state index contributed by atoms with van der Waals surface area (Å²) in [7, 11) is 0. The van der Waals surface area contributed by atoms with Gasteiger partial charge in [-0.3, -0.25) is 0 Å². The van der Waals surface area contributed by atoms with Crippen molar-refractivity contribution in [2.24, 2.45) is 0 Å². The van der Waals surface area contributed by atoms with Crippen molar-refractivity contribution in [3.8, 4) is 11.4 Å². The minimum atomic E-state index is 0.917. The smallest absolute Gasteiger partial charge is 0.144 e. The third-order valence-corrected chi connectivity index (χ3v) is 5.26. The van der Waals surface area contributed by atoms with Crippen molar-refractivity contribution >= 4 is 27.4 Å². The molecule has 0 saturated carbocycles. The van der Waals surface area contributed by atoms with Crippen molar-refractivity contribution in [3.05, 3.63) is 34.7 Å². The topological polar surface area (TPSA) is 43.8 Å². The maximum absolute atomic E-state index is 6.29. The number of rotatable bonds is 2. The minimum absolute atomic E-state index is 0.917. The Labute approximate surface area is 122 Å². The number of para-hydroxylation sites is 2. The van der Waals surface area contributed by atoms with Crippen LogP contribution in [0.5, 0.6) is 0 Å². The second kappa shape index (κ2) is 4.35. The van der Waals surface area contributed by atoms with Gasteiger partial charge in [0.25, 0.3) is 0 Å². The molecular weight excluding hydrogens is 266 g/mol. The van der Waals surface area contributed by atoms with E-state index in [4.69, 9.17) is 10.7 Å². The molecule has 3 aromatic rings. The Hall–Kier alpha value is -1.81. The maximum atomic E-state index is 6.29. The maximum Gasteiger partial charge on any atom is 0.144 e. The van der Waals surface area contributed by atoms with Crippen LogP contribution in [0.3, 0.4) is 0 Å². The summed E-state index contributed by atoms with van der Waals surface area (Å²) in [5.74, 6) is 1.05. The van der Waals surface area contributed by atoms with Crippen LogP contribution in [0.15, 0.2) is 24.3 Å². The lowest BCUT2D eigenvalue weighted by Gasteiger charge is -2.07. The molecule has 4 rings (SSSR count). The number of thiophene rings is 1. The van der Waals surface area contributed by atoms with Crippen molar-refractivity contribution in [2.75, 3.05) is 5.73 Å². The second-order valence-corrected chi connectivity index (χ2v) is 6.40. The van der Waals surface area contributed by atoms with E-state index in [-0.39, 0.29) is 0 Å². The van der Waals surface area contributed by atoms with Gasteiger partial charge in [-0.2, -0.15) is 0 Å². The lowest BCUT2D eigenvalue weighted by atomic mass is 10.1. The Morgan fingerprint density at radius 3 is 3.00 bits per heavy atom. The van der Waals surface area contributed by atoms with Gasteiger partial charge < -0.3 is 10.3 Å². The molecule has 0 radical (unpaired) electrons. The van der Waals surface area contributed by atoms with Crippen molar-refractivity contribution < 1.29 is 0 Å². The zero-order valence-corrected chi connectivity index (χ0v) is 12.3. The van der Waals surface area contributed by atoms with E-state index in [0.29, 0.717) is 0 Å². The fraction of sp³-hybridized carbons (Fsp3) is 0.312. The van der Waals surface area contributed by atoms with Gasteiger partial charge in [0.2, 0.25) is 0 Å². The zero-order valence-electron chi connectivity index (χ0n) is 11.5. The highest BCUT2D eigenvalue weighted by molar-refractivity contribution is 7.16. The number of aryl methyl sites for hydroxylation is 2. The van der Waals surface area contributed by atoms with Crippen LogP contribution >= 0.6 is 11.3 Å². The van der Waals surface area contributed by atoms with Gasteiger partial charge in [-0.15, -0.1) is 11.3 Å². The van der Waals surface area contributed by atoms with Gasteiger partial charge in [-0.05, 0) is 43.9 Å². The lowest BCUT2D eigenvalue weighted by Crippen LogP contribution is -2.00. The molecule has 2 aromatic heterocycles. The molecule has 2 N–H and O–H groups in total. The highest BCUT2D eigenvalue weighted by atomic mass is 32.1. The number of nitrogen functional groups attached to an aromatic ring is 1. The minimum Gasteiger partial charge on any atom is -0.390 e. The largest absolute Gasteiger partial charge is 0.390 e. The second-order valence-electron chi connectivity index (χ2n) is 5.26. The normalized spacial score (nSPS) is 14.1. The Morgan fingerprint density at radius 2 is 2.15 bits per heavy atom. The average Bonchev–Trinajstić information content (AvgIpc) is 3.09. The van der Waals surface area contributed by atoms with Gasteiger partial charge in [0, 0.05) is 11.4 Å². The average molecular weight is 283 g/mol. The molecule has 1 aromatic carbocycles. The summed E-state index contributed by atoms with van der Waals surface area (Å²) in [6, 6.07) is 8.33. The van der Waals surface area contributed by atoms with E-state index >= 15 is 0 Å². The van der Waals surface area contributed by atoms with Gasteiger partial charge in [0.1, 0.15) is 5.82 Å². The molecule has 20 heavy (non-hydrogen) atoms. The number of nitrogens with two attached hydrogens (primary N) is 1. The van der Waals surface area contributed by atoms with Gasteiger partial charge >= 0.3 is 0 Å². The molecule has 0 saturated heterocycles. The summed E-state index contributed by atoms with van der Waals surface area (Å²) in [5.41, 5.74) is 11.2. The fourth-order valence-electron chi connectivity index (χ4n) is 3.26. The van der Waals surface area contributed by atoms with Gasteiger partial charge in [0.05, 0.1) is 21.6 Å². The number of hydrogen-bond donors (Lipinski definition) is 1. The van der Waals surface area contributed by atoms with Crippen LogP contribution in [0.1, 0.15) is 23.8 Å². The van der Waals surface area contributed by atoms with Crippen molar-refractivity contribution in [3.63, 3.8) is 0 Å². The summed E-state index contributed by atoms with van der Waals surface area (Å²) >= 11 is 1.75. The van der Waals surface area contributed by atoms with Crippen LogP contribution in [0.4, 0.5) is 5.00 Å². The number of fused-ring (bicyclic) bond motifs is 2. The van der Waals surface area contributed by atoms with Crippen LogP contribution < -0.4 is 5.73 Å². The molecule has 0 atom stereocenters. The molecule has 3 nitrogen and oxygen atoms in total. The summed E-state index contributed by atoms with van der Waals surface area (Å²) < 4.78 is 2.28. The summed E-state index contributed by atoms with van der Waals surface area (Å²) in [5, 5.41) is 0.930. The van der Waals surface area contributed by atoms with Crippen LogP contribution in [-0.2, 0) is 19.4 Å². The summed E-state index contributed by atoms with van der Waals surface area (Å²) in [6.07, 6.45) is 3.57. The third kappa shape index (κ3) is 1.54. The van der Waals surface area contributed by atoms with Crippen molar-refractivity contribution in [1.29, 1.82) is 0 Å². The van der Waals surface area contributed by atoms with E-state index in [0.717, 1.165) is 29.3 Å². The van der Waals surface area contributed by atoms with E-state index in [9.17, 15) is 0 Å². The van der Waals surface area contributed by atoms with Crippen LogP contribution in [0.2, 0.25) is 0 Å². The van der Waals surface area contributed by atoms with Crippen LogP contribution in [0, 0.1) is 0 Å². The lowest BCUT2D eigenvalue weighted by molar-refractivity contribution is 0.795. The van der Waals surface area contributed by atoms with E-state index < -0.39 is 0 Å². The summed E-state index contributed by atoms with van der Waals surface area (Å²) in [4.78, 5) is 6.32. The van der Waals surface area contributed by atoms with Gasteiger partial charge in [-0.1, -0.05) is 12.1 Å². The third-order valence-electron chi connectivity index (χ3n) is 4.14. The van der Waals surface area contributed by atoms with Crippen LogP contribution in [0.25, 0.3) is 22.4 Å².